The van der Waals surface area contributed by atoms with E-state index >= 15 is 0 Å². The van der Waals surface area contributed by atoms with Gasteiger partial charge in [-0.25, -0.2) is 0 Å². The van der Waals surface area contributed by atoms with Gasteiger partial charge >= 0.3 is 0 Å². The Morgan fingerprint density at radius 2 is 2.11 bits per heavy atom. The van der Waals surface area contributed by atoms with Crippen molar-refractivity contribution < 1.29 is 0 Å². The molecular weight excluding hydrogens is 176 g/mol. The van der Waals surface area contributed by atoms with E-state index in [1.54, 1.807) is 0 Å². The Morgan fingerprint density at radius 3 is 3.00 bits per heavy atom. The highest BCUT2D eigenvalue weighted by molar-refractivity contribution is 9.11. The predicted octanol–water partition coefficient (Wildman–Crippen LogP) is 2.84. The molecule has 0 aromatic rings. The van der Waals surface area contributed by atoms with Gasteiger partial charge in [-0.05, 0) is 17.3 Å². The van der Waals surface area contributed by atoms with Crippen LogP contribution in [0.1, 0.15) is 25.7 Å². The minimum Gasteiger partial charge on any atom is -0.103 e. The molecule has 0 radical (unpaired) electrons. The number of hydrogen-bond acceptors (Lipinski definition) is 0. The summed E-state index contributed by atoms with van der Waals surface area (Å²) in [7, 11) is 0. The Kier molecular flexibility index (Phi) is 2.86. The first-order valence-corrected chi connectivity index (χ1v) is 3.99. The minimum absolute atomic E-state index is 1.01. The summed E-state index contributed by atoms with van der Waals surface area (Å²) < 4.78 is 1.32. The van der Waals surface area contributed by atoms with Crippen LogP contribution in [0, 0.1) is 11.8 Å². The lowest BCUT2D eigenvalue weighted by Gasteiger charge is -1.95. The molecule has 1 aliphatic rings. The third-order valence-electron chi connectivity index (χ3n) is 1.25. The molecule has 0 N–H and O–H groups in total. The lowest BCUT2D eigenvalue weighted by Crippen LogP contribution is -1.77. The smallest absolute Gasteiger partial charge is 0.0134 e. The minimum atomic E-state index is 1.01. The van der Waals surface area contributed by atoms with Crippen LogP contribution >= 0.6 is 15.9 Å². The fraction of sp³-hybridized carbons (Fsp3) is 0.500. The molecule has 0 saturated carbocycles. The van der Waals surface area contributed by atoms with Crippen LogP contribution in [0.4, 0.5) is 0 Å². The molecule has 48 valence electrons. The number of allylic oxidation sites excluding steroid dienone is 2. The third-order valence-corrected chi connectivity index (χ3v) is 1.97. The quantitative estimate of drug-likeness (QED) is 0.509. The summed E-state index contributed by atoms with van der Waals surface area (Å²) in [6.45, 7) is 0. The van der Waals surface area contributed by atoms with Crippen molar-refractivity contribution in [3.05, 3.63) is 10.6 Å². The molecule has 0 unspecified atom stereocenters. The van der Waals surface area contributed by atoms with Gasteiger partial charge in [-0.1, -0.05) is 22.0 Å². The fourth-order valence-electron chi connectivity index (χ4n) is 0.762. The summed E-state index contributed by atoms with van der Waals surface area (Å²) in [5, 5.41) is 0. The van der Waals surface area contributed by atoms with Crippen LogP contribution < -0.4 is 0 Å². The monoisotopic (exact) mass is 184 g/mol. The van der Waals surface area contributed by atoms with E-state index in [1.807, 2.05) is 0 Å². The van der Waals surface area contributed by atoms with Gasteiger partial charge in [0.15, 0.2) is 0 Å². The average Bonchev–Trinajstić information content (AvgIpc) is 1.79. The van der Waals surface area contributed by atoms with Crippen LogP contribution in [-0.4, -0.2) is 0 Å². The highest BCUT2D eigenvalue weighted by Crippen LogP contribution is 2.14. The van der Waals surface area contributed by atoms with Crippen LogP contribution in [0.15, 0.2) is 10.6 Å². The molecule has 0 aliphatic heterocycles. The number of hydrogen-bond donors (Lipinski definition) is 0. The molecule has 1 aliphatic carbocycles. The zero-order valence-electron chi connectivity index (χ0n) is 5.28. The third kappa shape index (κ3) is 2.72. The first-order chi connectivity index (χ1) is 4.39. The van der Waals surface area contributed by atoms with E-state index in [0.29, 0.717) is 0 Å². The van der Waals surface area contributed by atoms with Gasteiger partial charge < -0.3 is 0 Å². The molecule has 0 spiro atoms. The molecule has 9 heavy (non-hydrogen) atoms. The summed E-state index contributed by atoms with van der Waals surface area (Å²) in [4.78, 5) is 0. The van der Waals surface area contributed by atoms with Crippen LogP contribution in [0.5, 0.6) is 0 Å². The Hall–Kier alpha value is -0.220. The zero-order valence-corrected chi connectivity index (χ0v) is 6.87. The van der Waals surface area contributed by atoms with Crippen molar-refractivity contribution in [2.45, 2.75) is 25.7 Å². The molecule has 0 saturated heterocycles. The van der Waals surface area contributed by atoms with E-state index < -0.39 is 0 Å². The Bertz CT molecular complexity index is 169. The fourth-order valence-corrected chi connectivity index (χ4v) is 1.19. The van der Waals surface area contributed by atoms with Crippen molar-refractivity contribution in [3.8, 4) is 11.8 Å². The molecule has 0 fully saturated rings. The lowest BCUT2D eigenvalue weighted by atomic mass is 10.2. The number of halogens is 1. The van der Waals surface area contributed by atoms with Gasteiger partial charge in [-0.15, -0.1) is 11.8 Å². The molecule has 1 rings (SSSR count). The van der Waals surface area contributed by atoms with E-state index in [2.05, 4.69) is 33.8 Å². The maximum absolute atomic E-state index is 3.47. The van der Waals surface area contributed by atoms with Gasteiger partial charge in [0.05, 0.1) is 0 Å². The average molecular weight is 185 g/mol. The van der Waals surface area contributed by atoms with Crippen molar-refractivity contribution in [2.75, 3.05) is 0 Å². The van der Waals surface area contributed by atoms with Gasteiger partial charge in [-0.3, -0.25) is 0 Å². The van der Waals surface area contributed by atoms with E-state index in [0.717, 1.165) is 25.7 Å². The van der Waals surface area contributed by atoms with Crippen molar-refractivity contribution in [1.82, 2.24) is 0 Å². The SMILES string of the molecule is Br/C1=C\CCC#CCC1. The lowest BCUT2D eigenvalue weighted by molar-refractivity contribution is 0.998. The van der Waals surface area contributed by atoms with Gasteiger partial charge in [0, 0.05) is 12.8 Å². The molecule has 0 bridgehead atoms. The Balaban J connectivity index is 2.46. The summed E-state index contributed by atoms with van der Waals surface area (Å²) in [5.74, 6) is 6.19. The summed E-state index contributed by atoms with van der Waals surface area (Å²) >= 11 is 3.47. The molecule has 0 amide bonds. The van der Waals surface area contributed by atoms with Crippen molar-refractivity contribution >= 4 is 15.9 Å². The highest BCUT2D eigenvalue weighted by Gasteiger charge is 1.91. The molecule has 0 aromatic heterocycles. The second-order valence-electron chi connectivity index (χ2n) is 2.04. The van der Waals surface area contributed by atoms with Crippen LogP contribution in [0.3, 0.4) is 0 Å². The molecule has 0 aromatic carbocycles. The second-order valence-corrected chi connectivity index (χ2v) is 3.06. The van der Waals surface area contributed by atoms with Gasteiger partial charge in [0.2, 0.25) is 0 Å². The van der Waals surface area contributed by atoms with E-state index in [9.17, 15) is 0 Å². The van der Waals surface area contributed by atoms with E-state index in [4.69, 9.17) is 0 Å². The van der Waals surface area contributed by atoms with Crippen molar-refractivity contribution in [2.24, 2.45) is 0 Å². The first kappa shape index (κ1) is 6.89. The summed E-state index contributed by atoms with van der Waals surface area (Å²) in [5.41, 5.74) is 0. The van der Waals surface area contributed by atoms with Gasteiger partial charge in [0.1, 0.15) is 0 Å². The Morgan fingerprint density at radius 1 is 1.33 bits per heavy atom. The van der Waals surface area contributed by atoms with Crippen LogP contribution in [0.25, 0.3) is 0 Å². The molecule has 0 nitrogen and oxygen atoms in total. The largest absolute Gasteiger partial charge is 0.103 e. The van der Waals surface area contributed by atoms with Crippen molar-refractivity contribution in [3.63, 3.8) is 0 Å². The topological polar surface area (TPSA) is 0 Å². The normalized spacial score (nSPS) is 24.3. The standard InChI is InChI=1S/C8H9Br/c9-8-6-4-2-1-3-5-7-8/h6H,2,4-5,7H2/b8-6-. The van der Waals surface area contributed by atoms with Crippen molar-refractivity contribution in [1.29, 1.82) is 0 Å². The summed E-state index contributed by atoms with van der Waals surface area (Å²) in [6, 6.07) is 0. The van der Waals surface area contributed by atoms with Crippen LogP contribution in [-0.2, 0) is 0 Å². The maximum Gasteiger partial charge on any atom is 0.0134 e. The molecule has 0 atom stereocenters. The molecular formula is C8H9Br. The predicted molar refractivity (Wildman–Crippen MR) is 43.3 cm³/mol. The van der Waals surface area contributed by atoms with Gasteiger partial charge in [0.25, 0.3) is 0 Å². The van der Waals surface area contributed by atoms with Gasteiger partial charge in [-0.2, -0.15) is 0 Å². The second kappa shape index (κ2) is 3.74. The Labute approximate surface area is 64.5 Å². The number of rotatable bonds is 0. The highest BCUT2D eigenvalue weighted by atomic mass is 79.9. The summed E-state index contributed by atoms with van der Waals surface area (Å²) in [6.07, 6.45) is 6.45. The van der Waals surface area contributed by atoms with E-state index in [1.165, 1.54) is 4.48 Å². The maximum atomic E-state index is 3.47. The first-order valence-electron chi connectivity index (χ1n) is 3.20. The van der Waals surface area contributed by atoms with Crippen LogP contribution in [0.2, 0.25) is 0 Å². The molecule has 1 heteroatoms. The zero-order chi connectivity index (χ0) is 6.53. The molecule has 0 heterocycles. The van der Waals surface area contributed by atoms with E-state index in [-0.39, 0.29) is 0 Å².